The number of esters is 1. The smallest absolute Gasteiger partial charge is 0.341 e. The van der Waals surface area contributed by atoms with Crippen LogP contribution in [-0.2, 0) is 9.53 Å². The highest BCUT2D eigenvalue weighted by Gasteiger charge is 2.33. The summed E-state index contributed by atoms with van der Waals surface area (Å²) in [6.07, 6.45) is 1.93. The minimum atomic E-state index is -0.521. The molecule has 1 fully saturated rings. The van der Waals surface area contributed by atoms with Crippen LogP contribution in [0.5, 0.6) is 0 Å². The number of nitrogens with zero attached hydrogens (tertiary/aromatic N) is 2. The lowest BCUT2D eigenvalue weighted by atomic mass is 10.1. The molecular formula is C12H14BrN3O3. The number of carbonyl (C=O) groups is 2. The van der Waals surface area contributed by atoms with Crippen LogP contribution in [0.4, 0.5) is 5.82 Å². The maximum absolute atomic E-state index is 12.0. The molecule has 1 aromatic heterocycles. The summed E-state index contributed by atoms with van der Waals surface area (Å²) in [5.41, 5.74) is 5.85. The molecule has 6 nitrogen and oxygen atoms in total. The van der Waals surface area contributed by atoms with Gasteiger partial charge < -0.3 is 10.5 Å². The number of ether oxygens (including phenoxy) is 1. The van der Waals surface area contributed by atoms with Crippen LogP contribution in [-0.4, -0.2) is 37.1 Å². The van der Waals surface area contributed by atoms with Gasteiger partial charge in [-0.25, -0.2) is 9.78 Å². The summed E-state index contributed by atoms with van der Waals surface area (Å²) >= 11 is 3.25. The van der Waals surface area contributed by atoms with Crippen molar-refractivity contribution >= 4 is 33.6 Å². The quantitative estimate of drug-likeness (QED) is 0.835. The molecule has 0 bridgehead atoms. The van der Waals surface area contributed by atoms with Crippen LogP contribution >= 0.6 is 15.9 Å². The summed E-state index contributed by atoms with van der Waals surface area (Å²) in [6, 6.07) is 1.59. The van der Waals surface area contributed by atoms with E-state index in [4.69, 9.17) is 10.5 Å². The second-order valence-electron chi connectivity index (χ2n) is 4.33. The van der Waals surface area contributed by atoms with Crippen molar-refractivity contribution in [1.29, 1.82) is 0 Å². The molecule has 1 aliphatic heterocycles. The second kappa shape index (κ2) is 5.66. The number of halogens is 1. The molecule has 1 aromatic rings. The second-order valence-corrected chi connectivity index (χ2v) is 5.24. The zero-order valence-electron chi connectivity index (χ0n) is 10.4. The highest BCUT2D eigenvalue weighted by Crippen LogP contribution is 2.28. The molecule has 1 saturated heterocycles. The average molecular weight is 328 g/mol. The maximum atomic E-state index is 12.0. The minimum Gasteiger partial charge on any atom is -0.465 e. The van der Waals surface area contributed by atoms with Crippen LogP contribution in [0.15, 0.2) is 16.7 Å². The van der Waals surface area contributed by atoms with Crippen molar-refractivity contribution in [3.63, 3.8) is 0 Å². The largest absolute Gasteiger partial charge is 0.465 e. The third kappa shape index (κ3) is 2.76. The first-order chi connectivity index (χ1) is 9.06. The third-order valence-corrected chi connectivity index (χ3v) is 3.47. The standard InChI is InChI=1S/C12H14BrN3O3/c1-19-12(18)9-3-8(13)5-15-11(9)16-6-7(4-14)2-10(16)17/h3,5,7H,2,4,6,14H2,1H3. The van der Waals surface area contributed by atoms with Crippen LogP contribution < -0.4 is 10.6 Å². The predicted octanol–water partition coefficient (Wildman–Crippen LogP) is 0.942. The van der Waals surface area contributed by atoms with Crippen LogP contribution in [0.3, 0.4) is 0 Å². The molecule has 7 heteroatoms. The molecular weight excluding hydrogens is 314 g/mol. The number of methoxy groups -OCH3 is 1. The van der Waals surface area contributed by atoms with Gasteiger partial charge in [0, 0.05) is 23.6 Å². The van der Waals surface area contributed by atoms with E-state index in [1.54, 1.807) is 12.3 Å². The van der Waals surface area contributed by atoms with Gasteiger partial charge in [0.15, 0.2) is 0 Å². The summed E-state index contributed by atoms with van der Waals surface area (Å²) in [5.74, 6) is -0.164. The Bertz CT molecular complexity index is 521. The molecule has 0 radical (unpaired) electrons. The monoisotopic (exact) mass is 327 g/mol. The van der Waals surface area contributed by atoms with Gasteiger partial charge in [0.25, 0.3) is 0 Å². The molecule has 0 aliphatic carbocycles. The van der Waals surface area contributed by atoms with E-state index >= 15 is 0 Å². The number of amides is 1. The lowest BCUT2D eigenvalue weighted by Gasteiger charge is -2.18. The summed E-state index contributed by atoms with van der Waals surface area (Å²) in [5, 5.41) is 0. The van der Waals surface area contributed by atoms with Crippen molar-refractivity contribution in [2.45, 2.75) is 6.42 Å². The number of pyridine rings is 1. The molecule has 1 amide bonds. The van der Waals surface area contributed by atoms with Crippen molar-refractivity contribution < 1.29 is 14.3 Å². The van der Waals surface area contributed by atoms with Gasteiger partial charge in [-0.1, -0.05) is 0 Å². The Balaban J connectivity index is 2.39. The average Bonchev–Trinajstić information content (AvgIpc) is 2.79. The molecule has 2 rings (SSSR count). The summed E-state index contributed by atoms with van der Waals surface area (Å²) in [4.78, 5) is 29.4. The Hall–Kier alpha value is -1.47. The Kier molecular flexibility index (Phi) is 4.16. The van der Waals surface area contributed by atoms with Gasteiger partial charge in [-0.3, -0.25) is 9.69 Å². The molecule has 1 aliphatic rings. The number of rotatable bonds is 3. The Morgan fingerprint density at radius 2 is 2.42 bits per heavy atom. The SMILES string of the molecule is COC(=O)c1cc(Br)cnc1N1CC(CN)CC1=O. The predicted molar refractivity (Wildman–Crippen MR) is 72.8 cm³/mol. The topological polar surface area (TPSA) is 85.5 Å². The van der Waals surface area contributed by atoms with E-state index in [0.717, 1.165) is 0 Å². The lowest BCUT2D eigenvalue weighted by Crippen LogP contribution is -2.28. The lowest BCUT2D eigenvalue weighted by molar-refractivity contribution is -0.117. The van der Waals surface area contributed by atoms with E-state index in [1.165, 1.54) is 12.0 Å². The normalized spacial score (nSPS) is 18.8. The summed E-state index contributed by atoms with van der Waals surface area (Å²) < 4.78 is 5.37. The van der Waals surface area contributed by atoms with E-state index in [9.17, 15) is 9.59 Å². The van der Waals surface area contributed by atoms with Crippen molar-refractivity contribution in [1.82, 2.24) is 4.98 Å². The zero-order chi connectivity index (χ0) is 14.0. The van der Waals surface area contributed by atoms with Crippen LogP contribution in [0, 0.1) is 5.92 Å². The van der Waals surface area contributed by atoms with Gasteiger partial charge in [-0.05, 0) is 34.5 Å². The number of aromatic nitrogens is 1. The highest BCUT2D eigenvalue weighted by atomic mass is 79.9. The number of hydrogen-bond acceptors (Lipinski definition) is 5. The Morgan fingerprint density at radius 3 is 3.00 bits per heavy atom. The summed E-state index contributed by atoms with van der Waals surface area (Å²) in [7, 11) is 1.29. The van der Waals surface area contributed by atoms with Gasteiger partial charge in [0.1, 0.15) is 11.4 Å². The zero-order valence-corrected chi connectivity index (χ0v) is 12.0. The molecule has 2 N–H and O–H groups in total. The fraction of sp³-hybridized carbons (Fsp3) is 0.417. The molecule has 0 spiro atoms. The fourth-order valence-electron chi connectivity index (χ4n) is 2.05. The summed E-state index contributed by atoms with van der Waals surface area (Å²) in [6.45, 7) is 0.917. The molecule has 102 valence electrons. The van der Waals surface area contributed by atoms with Crippen molar-refractivity contribution in [2.75, 3.05) is 25.1 Å². The van der Waals surface area contributed by atoms with Crippen molar-refractivity contribution in [3.05, 3.63) is 22.3 Å². The number of nitrogens with two attached hydrogens (primary N) is 1. The first-order valence-electron chi connectivity index (χ1n) is 5.81. The van der Waals surface area contributed by atoms with Crippen LogP contribution in [0.2, 0.25) is 0 Å². The molecule has 19 heavy (non-hydrogen) atoms. The van der Waals surface area contributed by atoms with Crippen molar-refractivity contribution in [3.8, 4) is 0 Å². The van der Waals surface area contributed by atoms with Gasteiger partial charge in [0.05, 0.1) is 7.11 Å². The van der Waals surface area contributed by atoms with E-state index in [1.807, 2.05) is 0 Å². The van der Waals surface area contributed by atoms with Gasteiger partial charge >= 0.3 is 5.97 Å². The molecule has 0 aromatic carbocycles. The van der Waals surface area contributed by atoms with Crippen LogP contribution in [0.25, 0.3) is 0 Å². The first kappa shape index (κ1) is 14.0. The Morgan fingerprint density at radius 1 is 1.68 bits per heavy atom. The van der Waals surface area contributed by atoms with E-state index in [0.29, 0.717) is 29.8 Å². The van der Waals surface area contributed by atoms with Crippen molar-refractivity contribution in [2.24, 2.45) is 11.7 Å². The maximum Gasteiger partial charge on any atom is 0.341 e. The van der Waals surface area contributed by atoms with Gasteiger partial charge in [-0.15, -0.1) is 0 Å². The number of anilines is 1. The third-order valence-electron chi connectivity index (χ3n) is 3.03. The van der Waals surface area contributed by atoms with Gasteiger partial charge in [-0.2, -0.15) is 0 Å². The first-order valence-corrected chi connectivity index (χ1v) is 6.60. The van der Waals surface area contributed by atoms with Gasteiger partial charge in [0.2, 0.25) is 5.91 Å². The molecule has 2 heterocycles. The molecule has 1 atom stereocenters. The minimum absolute atomic E-state index is 0.0737. The van der Waals surface area contributed by atoms with E-state index in [-0.39, 0.29) is 17.4 Å². The highest BCUT2D eigenvalue weighted by molar-refractivity contribution is 9.10. The van der Waals surface area contributed by atoms with E-state index in [2.05, 4.69) is 20.9 Å². The van der Waals surface area contributed by atoms with Crippen LogP contribution in [0.1, 0.15) is 16.8 Å². The number of carbonyl (C=O) groups excluding carboxylic acids is 2. The molecule has 1 unspecified atom stereocenters. The Labute approximate surface area is 119 Å². The number of hydrogen-bond donors (Lipinski definition) is 1. The fourth-order valence-corrected chi connectivity index (χ4v) is 2.38. The van der Waals surface area contributed by atoms with E-state index < -0.39 is 5.97 Å². The molecule has 0 saturated carbocycles.